The number of hydrogen-bond acceptors (Lipinski definition) is 5. The first-order chi connectivity index (χ1) is 14.4. The number of methoxy groups -OCH3 is 1. The molecule has 1 aromatic carbocycles. The number of nitrogens with zero attached hydrogens (tertiary/aromatic N) is 1. The summed E-state index contributed by atoms with van der Waals surface area (Å²) in [5, 5.41) is 0. The lowest BCUT2D eigenvalue weighted by Crippen LogP contribution is -2.61. The van der Waals surface area contributed by atoms with Gasteiger partial charge in [0.2, 0.25) is 0 Å². The number of ether oxygens (including phenoxy) is 2. The van der Waals surface area contributed by atoms with Crippen LogP contribution in [0.25, 0.3) is 0 Å². The molecule has 1 N–H and O–H groups in total. The molecule has 8 heteroatoms. The Labute approximate surface area is 187 Å². The fourth-order valence-corrected chi connectivity index (χ4v) is 4.70. The van der Waals surface area contributed by atoms with Crippen LogP contribution in [-0.2, 0) is 25.3 Å². The molecule has 0 saturated heterocycles. The lowest BCUT2D eigenvalue weighted by Gasteiger charge is -2.42. The SMILES string of the molecule is CCC[C@](C)(OC)C(N[S@](=O)c1ccc(C)cc1)[C@H]1C=CC(=O)N1C(=O)OC(C)(C)C. The van der Waals surface area contributed by atoms with E-state index in [1.54, 1.807) is 46.1 Å². The molecule has 1 heterocycles. The number of carbonyl (C=O) groups is 2. The smallest absolute Gasteiger partial charge is 0.417 e. The third kappa shape index (κ3) is 6.24. The van der Waals surface area contributed by atoms with Crippen LogP contribution < -0.4 is 4.72 Å². The average molecular weight is 451 g/mol. The minimum atomic E-state index is -1.58. The van der Waals surface area contributed by atoms with Gasteiger partial charge in [0, 0.05) is 13.2 Å². The van der Waals surface area contributed by atoms with Gasteiger partial charge in [0.05, 0.1) is 22.6 Å². The van der Waals surface area contributed by atoms with Gasteiger partial charge in [-0.2, -0.15) is 0 Å². The molecular weight excluding hydrogens is 416 g/mol. The monoisotopic (exact) mass is 450 g/mol. The molecule has 0 fully saturated rings. The molecule has 2 amide bonds. The highest BCUT2D eigenvalue weighted by Crippen LogP contribution is 2.30. The van der Waals surface area contributed by atoms with E-state index in [1.807, 2.05) is 32.9 Å². The Morgan fingerprint density at radius 3 is 2.35 bits per heavy atom. The molecule has 2 rings (SSSR count). The second-order valence-electron chi connectivity index (χ2n) is 8.98. The molecule has 4 atom stereocenters. The zero-order chi connectivity index (χ0) is 23.4. The highest BCUT2D eigenvalue weighted by Gasteiger charge is 2.47. The maximum atomic E-state index is 13.2. The molecule has 172 valence electrons. The van der Waals surface area contributed by atoms with Gasteiger partial charge in [-0.15, -0.1) is 0 Å². The Morgan fingerprint density at radius 1 is 1.23 bits per heavy atom. The van der Waals surface area contributed by atoms with Crippen LogP contribution in [0.5, 0.6) is 0 Å². The van der Waals surface area contributed by atoms with Gasteiger partial charge in [0.15, 0.2) is 0 Å². The molecule has 0 bridgehead atoms. The van der Waals surface area contributed by atoms with Gasteiger partial charge in [-0.1, -0.05) is 37.1 Å². The predicted molar refractivity (Wildman–Crippen MR) is 121 cm³/mol. The van der Waals surface area contributed by atoms with Crippen molar-refractivity contribution in [3.8, 4) is 0 Å². The summed E-state index contributed by atoms with van der Waals surface area (Å²) in [6, 6.07) is 6.01. The summed E-state index contributed by atoms with van der Waals surface area (Å²) in [7, 11) is -0.00105. The number of imide groups is 1. The molecule has 1 aliphatic heterocycles. The van der Waals surface area contributed by atoms with E-state index in [-0.39, 0.29) is 0 Å². The maximum Gasteiger partial charge on any atom is 0.417 e. The second-order valence-corrected chi connectivity index (χ2v) is 10.2. The van der Waals surface area contributed by atoms with Crippen LogP contribution in [0.2, 0.25) is 0 Å². The van der Waals surface area contributed by atoms with Crippen molar-refractivity contribution >= 4 is 23.0 Å². The van der Waals surface area contributed by atoms with E-state index in [4.69, 9.17) is 9.47 Å². The van der Waals surface area contributed by atoms with E-state index in [9.17, 15) is 13.8 Å². The van der Waals surface area contributed by atoms with Crippen LogP contribution in [0.15, 0.2) is 41.3 Å². The highest BCUT2D eigenvalue weighted by molar-refractivity contribution is 7.83. The molecule has 31 heavy (non-hydrogen) atoms. The van der Waals surface area contributed by atoms with Crippen molar-refractivity contribution in [2.45, 2.75) is 82.6 Å². The summed E-state index contributed by atoms with van der Waals surface area (Å²) in [4.78, 5) is 27.1. The fourth-order valence-electron chi connectivity index (χ4n) is 3.56. The third-order valence-electron chi connectivity index (χ3n) is 5.24. The predicted octanol–water partition coefficient (Wildman–Crippen LogP) is 3.88. The Morgan fingerprint density at radius 2 is 1.84 bits per heavy atom. The first-order valence-corrected chi connectivity index (χ1v) is 11.6. The number of benzene rings is 1. The molecule has 1 unspecified atom stereocenters. The summed E-state index contributed by atoms with van der Waals surface area (Å²) in [6.45, 7) is 11.1. The molecule has 0 saturated carbocycles. The lowest BCUT2D eigenvalue weighted by molar-refractivity contribution is -0.127. The molecule has 0 aliphatic carbocycles. The van der Waals surface area contributed by atoms with Crippen molar-refractivity contribution in [3.05, 3.63) is 42.0 Å². The number of nitrogens with one attached hydrogen (secondary N) is 1. The second kappa shape index (κ2) is 10.1. The molecule has 0 spiro atoms. The van der Waals surface area contributed by atoms with Crippen LogP contribution in [0.4, 0.5) is 4.79 Å². The summed E-state index contributed by atoms with van der Waals surface area (Å²) >= 11 is 0. The molecule has 1 aliphatic rings. The van der Waals surface area contributed by atoms with E-state index < -0.39 is 46.3 Å². The van der Waals surface area contributed by atoms with Gasteiger partial charge >= 0.3 is 6.09 Å². The van der Waals surface area contributed by atoms with E-state index in [2.05, 4.69) is 4.72 Å². The number of hydrogen-bond donors (Lipinski definition) is 1. The van der Waals surface area contributed by atoms with Crippen molar-refractivity contribution in [2.75, 3.05) is 7.11 Å². The number of carbonyl (C=O) groups excluding carboxylic acids is 2. The first-order valence-electron chi connectivity index (χ1n) is 10.5. The summed E-state index contributed by atoms with van der Waals surface area (Å²) in [5.74, 6) is -0.470. The molecular formula is C23H34N2O5S. The van der Waals surface area contributed by atoms with Crippen LogP contribution in [0, 0.1) is 6.92 Å². The summed E-state index contributed by atoms with van der Waals surface area (Å²) in [6.07, 6.45) is 3.68. The van der Waals surface area contributed by atoms with Gasteiger partial charge in [-0.05, 0) is 53.2 Å². The summed E-state index contributed by atoms with van der Waals surface area (Å²) < 4.78 is 27.6. The minimum Gasteiger partial charge on any atom is -0.443 e. The van der Waals surface area contributed by atoms with Crippen LogP contribution in [0.3, 0.4) is 0 Å². The van der Waals surface area contributed by atoms with Gasteiger partial charge in [-0.3, -0.25) is 4.79 Å². The van der Waals surface area contributed by atoms with Gasteiger partial charge in [-0.25, -0.2) is 18.6 Å². The number of aryl methyl sites for hydroxylation is 1. The van der Waals surface area contributed by atoms with Crippen LogP contribution in [-0.4, -0.2) is 51.5 Å². The Hall–Kier alpha value is -2.03. The van der Waals surface area contributed by atoms with E-state index in [0.29, 0.717) is 11.3 Å². The van der Waals surface area contributed by atoms with E-state index >= 15 is 0 Å². The van der Waals surface area contributed by atoms with Gasteiger partial charge in [0.25, 0.3) is 5.91 Å². The van der Waals surface area contributed by atoms with Crippen molar-refractivity contribution in [3.63, 3.8) is 0 Å². The molecule has 7 nitrogen and oxygen atoms in total. The molecule has 0 aromatic heterocycles. The Balaban J connectivity index is 2.42. The summed E-state index contributed by atoms with van der Waals surface area (Å²) in [5.41, 5.74) is -0.494. The standard InChI is InChI=1S/C23H34N2O5S/c1-8-15-23(6,29-7)20(24-31(28)17-11-9-16(2)10-12-17)18-13-14-19(26)25(18)21(27)30-22(3,4)5/h9-14,18,20,24H,8,15H2,1-7H3/t18-,20?,23+,31-/m1/s1. The fraction of sp³-hybridized carbons (Fsp3) is 0.565. The van der Waals surface area contributed by atoms with Crippen LogP contribution in [0.1, 0.15) is 53.0 Å². The molecule has 0 radical (unpaired) electrons. The normalized spacial score (nSPS) is 20.4. The topological polar surface area (TPSA) is 84.9 Å². The van der Waals surface area contributed by atoms with Crippen molar-refractivity contribution in [1.82, 2.24) is 9.62 Å². The van der Waals surface area contributed by atoms with E-state index in [1.165, 1.54) is 6.08 Å². The van der Waals surface area contributed by atoms with Crippen LogP contribution >= 0.6 is 0 Å². The third-order valence-corrected chi connectivity index (χ3v) is 6.41. The Kier molecular flexibility index (Phi) is 8.19. The maximum absolute atomic E-state index is 13.2. The minimum absolute atomic E-state index is 0.470. The number of rotatable bonds is 8. The average Bonchev–Trinajstić information content (AvgIpc) is 3.06. The molecule has 1 aromatic rings. The zero-order valence-corrected chi connectivity index (χ0v) is 20.2. The van der Waals surface area contributed by atoms with Crippen molar-refractivity contribution < 1.29 is 23.3 Å². The largest absolute Gasteiger partial charge is 0.443 e. The van der Waals surface area contributed by atoms with Gasteiger partial charge < -0.3 is 9.47 Å². The Bertz CT molecular complexity index is 847. The number of amides is 2. The quantitative estimate of drug-likeness (QED) is 0.650. The lowest BCUT2D eigenvalue weighted by atomic mass is 9.86. The van der Waals surface area contributed by atoms with E-state index in [0.717, 1.165) is 16.9 Å². The highest BCUT2D eigenvalue weighted by atomic mass is 32.2. The first kappa shape index (κ1) is 25.2. The van der Waals surface area contributed by atoms with Crippen molar-refractivity contribution in [2.24, 2.45) is 0 Å². The zero-order valence-electron chi connectivity index (χ0n) is 19.4. The van der Waals surface area contributed by atoms with Gasteiger partial charge in [0.1, 0.15) is 16.6 Å². The van der Waals surface area contributed by atoms with Crippen molar-refractivity contribution in [1.29, 1.82) is 0 Å².